The standard InChI is InChI=1S/C11H12Cl2N2O3/c1-6(2)14(3)11(16)8-4-7(15(17)18)5-9(12)10(8)13/h4-6H,1-3H3. The molecule has 0 unspecified atom stereocenters. The molecule has 5 nitrogen and oxygen atoms in total. The number of nitro benzene ring substituents is 1. The maximum atomic E-state index is 12.1. The Morgan fingerprint density at radius 2 is 1.94 bits per heavy atom. The van der Waals surface area contributed by atoms with E-state index in [1.807, 2.05) is 13.8 Å². The zero-order valence-electron chi connectivity index (χ0n) is 10.1. The lowest BCUT2D eigenvalue weighted by atomic mass is 10.1. The molecular weight excluding hydrogens is 279 g/mol. The van der Waals surface area contributed by atoms with Gasteiger partial charge in [0.05, 0.1) is 20.5 Å². The summed E-state index contributed by atoms with van der Waals surface area (Å²) >= 11 is 11.7. The molecule has 0 saturated heterocycles. The molecule has 1 amide bonds. The van der Waals surface area contributed by atoms with Gasteiger partial charge in [-0.1, -0.05) is 23.2 Å². The lowest BCUT2D eigenvalue weighted by molar-refractivity contribution is -0.384. The van der Waals surface area contributed by atoms with Crippen molar-refractivity contribution in [3.8, 4) is 0 Å². The van der Waals surface area contributed by atoms with Crippen molar-refractivity contribution < 1.29 is 9.72 Å². The molecule has 1 rings (SSSR count). The molecule has 0 N–H and O–H groups in total. The van der Waals surface area contributed by atoms with Gasteiger partial charge in [0.1, 0.15) is 0 Å². The molecule has 0 atom stereocenters. The number of hydrogen-bond donors (Lipinski definition) is 0. The Labute approximate surface area is 114 Å². The van der Waals surface area contributed by atoms with Crippen LogP contribution in [-0.4, -0.2) is 28.8 Å². The first-order chi connectivity index (χ1) is 8.25. The van der Waals surface area contributed by atoms with Gasteiger partial charge >= 0.3 is 0 Å². The normalized spacial score (nSPS) is 10.6. The summed E-state index contributed by atoms with van der Waals surface area (Å²) < 4.78 is 0. The maximum absolute atomic E-state index is 12.1. The number of amides is 1. The fourth-order valence-corrected chi connectivity index (χ4v) is 1.66. The first-order valence-corrected chi connectivity index (χ1v) is 5.92. The Morgan fingerprint density at radius 3 is 2.39 bits per heavy atom. The minimum absolute atomic E-state index is 0.00799. The van der Waals surface area contributed by atoms with E-state index in [4.69, 9.17) is 23.2 Å². The smallest absolute Gasteiger partial charge is 0.271 e. The minimum atomic E-state index is -0.617. The number of carbonyl (C=O) groups is 1. The van der Waals surface area contributed by atoms with Crippen LogP contribution < -0.4 is 0 Å². The molecule has 0 fully saturated rings. The van der Waals surface area contributed by atoms with Crippen molar-refractivity contribution in [1.82, 2.24) is 4.90 Å². The molecule has 0 aromatic heterocycles. The molecule has 1 aromatic rings. The Bertz CT molecular complexity index is 503. The first kappa shape index (κ1) is 14.7. The third-order valence-corrected chi connectivity index (χ3v) is 3.35. The third kappa shape index (κ3) is 2.91. The summed E-state index contributed by atoms with van der Waals surface area (Å²) in [5.41, 5.74) is -0.225. The molecule has 18 heavy (non-hydrogen) atoms. The van der Waals surface area contributed by atoms with E-state index in [2.05, 4.69) is 0 Å². The van der Waals surface area contributed by atoms with Crippen LogP contribution in [0.25, 0.3) is 0 Å². The lowest BCUT2D eigenvalue weighted by Crippen LogP contribution is -2.33. The Hall–Kier alpha value is -1.33. The Balaban J connectivity index is 3.31. The van der Waals surface area contributed by atoms with Crippen LogP contribution in [0.5, 0.6) is 0 Å². The zero-order chi connectivity index (χ0) is 14.0. The van der Waals surface area contributed by atoms with Crippen LogP contribution >= 0.6 is 23.2 Å². The van der Waals surface area contributed by atoms with Crippen LogP contribution in [0.15, 0.2) is 12.1 Å². The molecule has 98 valence electrons. The van der Waals surface area contributed by atoms with Crippen molar-refractivity contribution in [3.63, 3.8) is 0 Å². The molecule has 0 bridgehead atoms. The fraction of sp³-hybridized carbons (Fsp3) is 0.364. The Morgan fingerprint density at radius 1 is 1.39 bits per heavy atom. The number of carbonyl (C=O) groups excluding carboxylic acids is 1. The van der Waals surface area contributed by atoms with Gasteiger partial charge in [-0.2, -0.15) is 0 Å². The molecule has 0 aliphatic rings. The molecule has 0 radical (unpaired) electrons. The Kier molecular flexibility index (Phi) is 4.53. The molecule has 1 aromatic carbocycles. The van der Waals surface area contributed by atoms with E-state index in [-0.39, 0.29) is 27.3 Å². The van der Waals surface area contributed by atoms with Crippen molar-refractivity contribution in [2.45, 2.75) is 19.9 Å². The maximum Gasteiger partial charge on any atom is 0.271 e. The van der Waals surface area contributed by atoms with Gasteiger partial charge in [-0.05, 0) is 13.8 Å². The molecule has 7 heteroatoms. The van der Waals surface area contributed by atoms with E-state index in [0.717, 1.165) is 12.1 Å². The van der Waals surface area contributed by atoms with Gasteiger partial charge in [-0.15, -0.1) is 0 Å². The third-order valence-electron chi connectivity index (χ3n) is 2.55. The molecular formula is C11H12Cl2N2O3. The van der Waals surface area contributed by atoms with Crippen LogP contribution in [0.3, 0.4) is 0 Å². The van der Waals surface area contributed by atoms with Crippen LogP contribution in [0.1, 0.15) is 24.2 Å². The van der Waals surface area contributed by atoms with Gasteiger partial charge in [0.2, 0.25) is 0 Å². The van der Waals surface area contributed by atoms with E-state index < -0.39 is 10.8 Å². The second-order valence-corrected chi connectivity index (χ2v) is 4.84. The first-order valence-electron chi connectivity index (χ1n) is 5.16. The van der Waals surface area contributed by atoms with E-state index >= 15 is 0 Å². The largest absolute Gasteiger partial charge is 0.339 e. The van der Waals surface area contributed by atoms with Crippen LogP contribution in [0.2, 0.25) is 10.0 Å². The molecule has 0 saturated carbocycles. The monoisotopic (exact) mass is 290 g/mol. The van der Waals surface area contributed by atoms with E-state index in [1.165, 1.54) is 4.90 Å². The van der Waals surface area contributed by atoms with Crippen molar-refractivity contribution in [2.75, 3.05) is 7.05 Å². The predicted octanol–water partition coefficient (Wildman–Crippen LogP) is 3.38. The minimum Gasteiger partial charge on any atom is -0.339 e. The number of hydrogen-bond acceptors (Lipinski definition) is 3. The molecule has 0 aliphatic carbocycles. The van der Waals surface area contributed by atoms with Crippen LogP contribution in [-0.2, 0) is 0 Å². The number of halogens is 2. The number of benzene rings is 1. The second-order valence-electron chi connectivity index (χ2n) is 4.06. The summed E-state index contributed by atoms with van der Waals surface area (Å²) in [6.45, 7) is 3.65. The van der Waals surface area contributed by atoms with E-state index in [1.54, 1.807) is 7.05 Å². The SMILES string of the molecule is CC(C)N(C)C(=O)c1cc([N+](=O)[O-])cc(Cl)c1Cl. The van der Waals surface area contributed by atoms with Crippen LogP contribution in [0, 0.1) is 10.1 Å². The highest BCUT2D eigenvalue weighted by molar-refractivity contribution is 6.44. The van der Waals surface area contributed by atoms with Gasteiger partial charge in [0.15, 0.2) is 0 Å². The van der Waals surface area contributed by atoms with Gasteiger partial charge in [0.25, 0.3) is 11.6 Å². The van der Waals surface area contributed by atoms with Gasteiger partial charge in [-0.25, -0.2) is 0 Å². The molecule has 0 aliphatic heterocycles. The zero-order valence-corrected chi connectivity index (χ0v) is 11.6. The van der Waals surface area contributed by atoms with Gasteiger partial charge in [0, 0.05) is 25.2 Å². The second kappa shape index (κ2) is 5.54. The van der Waals surface area contributed by atoms with Crippen LogP contribution in [0.4, 0.5) is 5.69 Å². The number of non-ortho nitro benzene ring substituents is 1. The van der Waals surface area contributed by atoms with Crippen molar-refractivity contribution in [2.24, 2.45) is 0 Å². The highest BCUT2D eigenvalue weighted by Gasteiger charge is 2.22. The molecule has 0 spiro atoms. The predicted molar refractivity (Wildman–Crippen MR) is 70.3 cm³/mol. The number of rotatable bonds is 3. The topological polar surface area (TPSA) is 63.5 Å². The summed E-state index contributed by atoms with van der Waals surface area (Å²) in [6.07, 6.45) is 0. The summed E-state index contributed by atoms with van der Waals surface area (Å²) in [5.74, 6) is -0.402. The van der Waals surface area contributed by atoms with E-state index in [9.17, 15) is 14.9 Å². The highest BCUT2D eigenvalue weighted by atomic mass is 35.5. The summed E-state index contributed by atoms with van der Waals surface area (Å²) in [4.78, 5) is 23.6. The highest BCUT2D eigenvalue weighted by Crippen LogP contribution is 2.31. The van der Waals surface area contributed by atoms with Crippen molar-refractivity contribution in [1.29, 1.82) is 0 Å². The lowest BCUT2D eigenvalue weighted by Gasteiger charge is -2.22. The number of nitro groups is 1. The average Bonchev–Trinajstić information content (AvgIpc) is 2.30. The summed E-state index contributed by atoms with van der Waals surface area (Å²) in [5, 5.41) is 10.7. The quantitative estimate of drug-likeness (QED) is 0.633. The molecule has 0 heterocycles. The summed E-state index contributed by atoms with van der Waals surface area (Å²) in [6, 6.07) is 2.21. The number of nitrogens with zero attached hydrogens (tertiary/aromatic N) is 2. The van der Waals surface area contributed by atoms with Gasteiger partial charge in [-0.3, -0.25) is 14.9 Å². The van der Waals surface area contributed by atoms with Crippen molar-refractivity contribution >= 4 is 34.8 Å². The van der Waals surface area contributed by atoms with Gasteiger partial charge < -0.3 is 4.90 Å². The fourth-order valence-electron chi connectivity index (χ4n) is 1.26. The van der Waals surface area contributed by atoms with Crippen molar-refractivity contribution in [3.05, 3.63) is 37.9 Å². The van der Waals surface area contributed by atoms with E-state index in [0.29, 0.717) is 0 Å². The summed E-state index contributed by atoms with van der Waals surface area (Å²) in [7, 11) is 1.59. The average molecular weight is 291 g/mol.